The van der Waals surface area contributed by atoms with E-state index in [0.29, 0.717) is 12.0 Å². The number of nitrogens with zero attached hydrogens (tertiary/aromatic N) is 1. The Morgan fingerprint density at radius 3 is 2.11 bits per heavy atom. The summed E-state index contributed by atoms with van der Waals surface area (Å²) in [5, 5.41) is 3.11. The number of urea groups is 1. The molecular formula is C15H22N2O2. The van der Waals surface area contributed by atoms with Crippen molar-refractivity contribution in [3.63, 3.8) is 0 Å². The molecule has 5 aliphatic rings. The third-order valence-corrected chi connectivity index (χ3v) is 6.11. The third kappa shape index (κ3) is 1.65. The van der Waals surface area contributed by atoms with Crippen molar-refractivity contribution in [1.82, 2.24) is 10.2 Å². The largest absolute Gasteiger partial charge is 0.333 e. The second-order valence-corrected chi connectivity index (χ2v) is 7.41. The van der Waals surface area contributed by atoms with Gasteiger partial charge < -0.3 is 5.32 Å². The Balaban J connectivity index is 1.59. The van der Waals surface area contributed by atoms with Gasteiger partial charge in [0.25, 0.3) is 0 Å². The molecule has 0 radical (unpaired) electrons. The lowest BCUT2D eigenvalue weighted by atomic mass is 9.48. The molecule has 0 aromatic rings. The lowest BCUT2D eigenvalue weighted by Gasteiger charge is -2.58. The van der Waals surface area contributed by atoms with E-state index < -0.39 is 0 Å². The molecule has 104 valence electrons. The van der Waals surface area contributed by atoms with Crippen LogP contribution in [0.2, 0.25) is 0 Å². The van der Waals surface area contributed by atoms with E-state index in [1.54, 1.807) is 0 Å². The molecule has 1 atom stereocenters. The molecule has 19 heavy (non-hydrogen) atoms. The van der Waals surface area contributed by atoms with Crippen LogP contribution in [0.3, 0.4) is 0 Å². The minimum atomic E-state index is -0.173. The first-order chi connectivity index (χ1) is 9.06. The molecule has 4 heteroatoms. The summed E-state index contributed by atoms with van der Waals surface area (Å²) < 4.78 is 0. The van der Waals surface area contributed by atoms with Gasteiger partial charge in [0.2, 0.25) is 5.91 Å². The maximum absolute atomic E-state index is 11.9. The molecule has 1 saturated heterocycles. The highest BCUT2D eigenvalue weighted by molar-refractivity contribution is 5.95. The minimum absolute atomic E-state index is 0.121. The number of carbonyl (C=O) groups is 2. The van der Waals surface area contributed by atoms with Crippen LogP contribution in [0.1, 0.15) is 45.4 Å². The zero-order chi connectivity index (χ0) is 13.2. The van der Waals surface area contributed by atoms with E-state index in [0.717, 1.165) is 17.8 Å². The summed E-state index contributed by atoms with van der Waals surface area (Å²) >= 11 is 0. The van der Waals surface area contributed by atoms with Crippen LogP contribution >= 0.6 is 0 Å². The number of carbonyl (C=O) groups excluding carboxylic acids is 2. The van der Waals surface area contributed by atoms with Crippen LogP contribution in [0.5, 0.6) is 0 Å². The topological polar surface area (TPSA) is 49.4 Å². The van der Waals surface area contributed by atoms with Crippen molar-refractivity contribution in [2.24, 2.45) is 23.2 Å². The van der Waals surface area contributed by atoms with Crippen LogP contribution in [0.15, 0.2) is 0 Å². The van der Waals surface area contributed by atoms with E-state index in [9.17, 15) is 9.59 Å². The van der Waals surface area contributed by atoms with Gasteiger partial charge in [-0.1, -0.05) is 0 Å². The molecule has 1 aliphatic heterocycles. The first-order valence-corrected chi connectivity index (χ1v) is 7.64. The highest BCUT2D eigenvalue weighted by atomic mass is 16.2. The van der Waals surface area contributed by atoms with Gasteiger partial charge in [0, 0.05) is 6.92 Å². The number of hydrogen-bond acceptors (Lipinski definition) is 2. The number of rotatable bonds is 1. The fraction of sp³-hybridized carbons (Fsp3) is 0.867. The second-order valence-electron chi connectivity index (χ2n) is 7.41. The highest BCUT2D eigenvalue weighted by Crippen LogP contribution is 2.61. The summed E-state index contributed by atoms with van der Waals surface area (Å²) in [7, 11) is 0. The van der Waals surface area contributed by atoms with E-state index in [1.807, 2.05) is 0 Å². The Kier molecular flexibility index (Phi) is 2.31. The molecule has 0 spiro atoms. The van der Waals surface area contributed by atoms with Crippen molar-refractivity contribution in [2.45, 2.75) is 51.5 Å². The van der Waals surface area contributed by atoms with Gasteiger partial charge in [-0.3, -0.25) is 9.69 Å². The van der Waals surface area contributed by atoms with Crippen LogP contribution < -0.4 is 5.32 Å². The van der Waals surface area contributed by atoms with Crippen molar-refractivity contribution >= 4 is 11.9 Å². The number of amides is 3. The Bertz CT molecular complexity index is 410. The molecule has 0 aromatic carbocycles. The molecule has 5 rings (SSSR count). The summed E-state index contributed by atoms with van der Waals surface area (Å²) in [6, 6.07) is 0.0329. The Labute approximate surface area is 113 Å². The van der Waals surface area contributed by atoms with Crippen LogP contribution in [0.25, 0.3) is 0 Å². The van der Waals surface area contributed by atoms with Crippen molar-refractivity contribution in [3.8, 4) is 0 Å². The van der Waals surface area contributed by atoms with Crippen LogP contribution in [-0.4, -0.2) is 29.4 Å². The van der Waals surface area contributed by atoms with Gasteiger partial charge in [-0.2, -0.15) is 0 Å². The number of hydrogen-bond donors (Lipinski definition) is 1. The normalized spacial score (nSPS) is 47.6. The van der Waals surface area contributed by atoms with Crippen molar-refractivity contribution in [1.29, 1.82) is 0 Å². The Morgan fingerprint density at radius 1 is 1.16 bits per heavy atom. The molecule has 3 amide bonds. The molecule has 1 unspecified atom stereocenters. The summed E-state index contributed by atoms with van der Waals surface area (Å²) in [4.78, 5) is 24.8. The van der Waals surface area contributed by atoms with Gasteiger partial charge in [0.15, 0.2) is 0 Å². The van der Waals surface area contributed by atoms with E-state index in [4.69, 9.17) is 0 Å². The molecule has 4 bridgehead atoms. The summed E-state index contributed by atoms with van der Waals surface area (Å²) in [5.41, 5.74) is 0.300. The van der Waals surface area contributed by atoms with Gasteiger partial charge >= 0.3 is 6.03 Å². The molecule has 1 heterocycles. The van der Waals surface area contributed by atoms with E-state index in [-0.39, 0.29) is 18.0 Å². The Hall–Kier alpha value is -1.06. The minimum Gasteiger partial charge on any atom is -0.333 e. The van der Waals surface area contributed by atoms with Gasteiger partial charge in [-0.25, -0.2) is 4.79 Å². The van der Waals surface area contributed by atoms with Gasteiger partial charge in [-0.05, 0) is 61.7 Å². The highest BCUT2D eigenvalue weighted by Gasteiger charge is 2.56. The summed E-state index contributed by atoms with van der Waals surface area (Å²) in [6.07, 6.45) is 8.06. The second kappa shape index (κ2) is 3.74. The predicted octanol–water partition coefficient (Wildman–Crippen LogP) is 2.14. The SMILES string of the molecule is CC(=O)N1CC(C23CC4CC(CC(C4)C2)C3)NC1=O. The Morgan fingerprint density at radius 2 is 1.68 bits per heavy atom. The lowest BCUT2D eigenvalue weighted by Crippen LogP contribution is -2.55. The van der Waals surface area contributed by atoms with E-state index in [1.165, 1.54) is 50.3 Å². The molecular weight excluding hydrogens is 240 g/mol. The summed E-state index contributed by atoms with van der Waals surface area (Å²) in [6.45, 7) is 2.09. The predicted molar refractivity (Wildman–Crippen MR) is 70.3 cm³/mol. The van der Waals surface area contributed by atoms with E-state index in [2.05, 4.69) is 5.32 Å². The quantitative estimate of drug-likeness (QED) is 0.787. The third-order valence-electron chi connectivity index (χ3n) is 6.11. The maximum Gasteiger partial charge on any atom is 0.324 e. The van der Waals surface area contributed by atoms with Gasteiger partial charge in [0.05, 0.1) is 12.6 Å². The smallest absolute Gasteiger partial charge is 0.324 e. The zero-order valence-corrected chi connectivity index (χ0v) is 11.5. The lowest BCUT2D eigenvalue weighted by molar-refractivity contribution is -0.126. The first kappa shape index (κ1) is 11.7. The fourth-order valence-electron chi connectivity index (χ4n) is 5.76. The zero-order valence-electron chi connectivity index (χ0n) is 11.5. The molecule has 1 N–H and O–H groups in total. The molecule has 5 fully saturated rings. The first-order valence-electron chi connectivity index (χ1n) is 7.64. The standard InChI is InChI=1S/C15H22N2O2/c1-9(18)17-8-13(16-14(17)19)15-5-10-2-11(6-15)4-12(3-10)7-15/h10-13H,2-8H2,1H3,(H,16,19). The average molecular weight is 262 g/mol. The monoisotopic (exact) mass is 262 g/mol. The van der Waals surface area contributed by atoms with Crippen LogP contribution in [0, 0.1) is 23.2 Å². The number of nitrogens with one attached hydrogen (secondary N) is 1. The molecule has 4 saturated carbocycles. The fourth-order valence-corrected chi connectivity index (χ4v) is 5.76. The average Bonchev–Trinajstić information content (AvgIpc) is 2.70. The molecule has 4 nitrogen and oxygen atoms in total. The number of imide groups is 1. The molecule has 0 aromatic heterocycles. The van der Waals surface area contributed by atoms with Crippen LogP contribution in [-0.2, 0) is 4.79 Å². The van der Waals surface area contributed by atoms with Crippen molar-refractivity contribution in [2.75, 3.05) is 6.54 Å². The van der Waals surface area contributed by atoms with E-state index >= 15 is 0 Å². The molecule has 4 aliphatic carbocycles. The van der Waals surface area contributed by atoms with Crippen molar-refractivity contribution < 1.29 is 9.59 Å². The van der Waals surface area contributed by atoms with Crippen LogP contribution in [0.4, 0.5) is 4.79 Å². The van der Waals surface area contributed by atoms with Gasteiger partial charge in [0.1, 0.15) is 0 Å². The van der Waals surface area contributed by atoms with Crippen molar-refractivity contribution in [3.05, 3.63) is 0 Å². The summed E-state index contributed by atoms with van der Waals surface area (Å²) in [5.74, 6) is 2.53. The van der Waals surface area contributed by atoms with Gasteiger partial charge in [-0.15, -0.1) is 0 Å². The maximum atomic E-state index is 11.9.